The Morgan fingerprint density at radius 3 is 2.74 bits per heavy atom. The first kappa shape index (κ1) is 24.5. The maximum Gasteiger partial charge on any atom is 0.268 e. The van der Waals surface area contributed by atoms with Crippen LogP contribution in [0.25, 0.3) is 22.2 Å². The number of benzene rings is 1. The first-order chi connectivity index (χ1) is 16.7. The van der Waals surface area contributed by atoms with Crippen LogP contribution in [0, 0.1) is 0 Å². The van der Waals surface area contributed by atoms with Crippen LogP contribution in [0.4, 0.5) is 0 Å². The number of amides is 1. The summed E-state index contributed by atoms with van der Waals surface area (Å²) in [5.41, 5.74) is 2.12. The summed E-state index contributed by atoms with van der Waals surface area (Å²) in [5.74, 6) is 1.19. The molecule has 8 nitrogen and oxygen atoms in total. The van der Waals surface area contributed by atoms with Gasteiger partial charge in [0.1, 0.15) is 6.61 Å². The Balaban J connectivity index is 1.21. The van der Waals surface area contributed by atoms with Gasteiger partial charge < -0.3 is 18.9 Å². The summed E-state index contributed by atoms with van der Waals surface area (Å²) in [4.78, 5) is 22.2. The SMILES string of the molecule is CCCCOCCOCC(=O)N1CCN(Cc2cccc(-c3noc(-c4cccs4)n3)c2)CC1. The molecule has 2 aromatic heterocycles. The molecule has 1 fully saturated rings. The zero-order valence-electron chi connectivity index (χ0n) is 19.6. The molecule has 182 valence electrons. The maximum atomic E-state index is 12.4. The predicted octanol–water partition coefficient (Wildman–Crippen LogP) is 3.94. The fourth-order valence-corrected chi connectivity index (χ4v) is 4.43. The van der Waals surface area contributed by atoms with Gasteiger partial charge in [-0.3, -0.25) is 9.69 Å². The maximum absolute atomic E-state index is 12.4. The number of piperazine rings is 1. The smallest absolute Gasteiger partial charge is 0.268 e. The van der Waals surface area contributed by atoms with Crippen molar-refractivity contribution in [3.05, 3.63) is 47.3 Å². The second-order valence-electron chi connectivity index (χ2n) is 8.28. The highest BCUT2D eigenvalue weighted by molar-refractivity contribution is 7.13. The Morgan fingerprint density at radius 2 is 1.94 bits per heavy atom. The van der Waals surface area contributed by atoms with Crippen LogP contribution in [0.2, 0.25) is 0 Å². The number of rotatable bonds is 12. The average molecular weight is 485 g/mol. The lowest BCUT2D eigenvalue weighted by Gasteiger charge is -2.34. The topological polar surface area (TPSA) is 80.9 Å². The van der Waals surface area contributed by atoms with Gasteiger partial charge >= 0.3 is 0 Å². The van der Waals surface area contributed by atoms with Crippen molar-refractivity contribution in [2.75, 3.05) is 52.6 Å². The van der Waals surface area contributed by atoms with Crippen molar-refractivity contribution in [1.82, 2.24) is 19.9 Å². The third-order valence-corrected chi connectivity index (χ3v) is 6.57. The van der Waals surface area contributed by atoms with Crippen molar-refractivity contribution in [1.29, 1.82) is 0 Å². The van der Waals surface area contributed by atoms with E-state index < -0.39 is 0 Å². The van der Waals surface area contributed by atoms with Gasteiger partial charge in [0, 0.05) is 44.9 Å². The predicted molar refractivity (Wildman–Crippen MR) is 131 cm³/mol. The van der Waals surface area contributed by atoms with Crippen LogP contribution >= 0.6 is 11.3 Å². The molecule has 3 heterocycles. The number of ether oxygens (including phenoxy) is 2. The number of aromatic nitrogens is 2. The fraction of sp³-hybridized carbons (Fsp3) is 0.480. The van der Waals surface area contributed by atoms with E-state index in [1.54, 1.807) is 11.3 Å². The van der Waals surface area contributed by atoms with Gasteiger partial charge in [0.15, 0.2) is 0 Å². The largest absolute Gasteiger partial charge is 0.379 e. The molecule has 0 unspecified atom stereocenters. The highest BCUT2D eigenvalue weighted by Gasteiger charge is 2.21. The third kappa shape index (κ3) is 6.96. The van der Waals surface area contributed by atoms with Crippen molar-refractivity contribution in [3.63, 3.8) is 0 Å². The summed E-state index contributed by atoms with van der Waals surface area (Å²) in [6.45, 7) is 7.92. The van der Waals surface area contributed by atoms with E-state index in [4.69, 9.17) is 14.0 Å². The lowest BCUT2D eigenvalue weighted by atomic mass is 10.1. The van der Waals surface area contributed by atoms with Crippen molar-refractivity contribution < 1.29 is 18.8 Å². The fourth-order valence-electron chi connectivity index (χ4n) is 3.78. The molecule has 0 N–H and O–H groups in total. The molecule has 0 saturated carbocycles. The van der Waals surface area contributed by atoms with Crippen LogP contribution in [-0.4, -0.2) is 78.5 Å². The molecule has 1 saturated heterocycles. The van der Waals surface area contributed by atoms with Crippen LogP contribution in [0.1, 0.15) is 25.3 Å². The molecule has 3 aromatic rings. The number of carbonyl (C=O) groups excluding carboxylic acids is 1. The van der Waals surface area contributed by atoms with E-state index in [1.165, 1.54) is 5.56 Å². The standard InChI is InChI=1S/C25H32N4O4S/c1-2-3-13-31-14-15-32-19-23(30)29-11-9-28(10-12-29)18-20-6-4-7-21(17-20)24-26-25(33-27-24)22-8-5-16-34-22/h4-8,16-17H,2-3,9-15,18-19H2,1H3. The molecular formula is C25H32N4O4S. The monoisotopic (exact) mass is 484 g/mol. The van der Waals surface area contributed by atoms with Crippen molar-refractivity contribution in [2.45, 2.75) is 26.3 Å². The van der Waals surface area contributed by atoms with Crippen LogP contribution in [0.3, 0.4) is 0 Å². The lowest BCUT2D eigenvalue weighted by molar-refractivity contribution is -0.138. The summed E-state index contributed by atoms with van der Waals surface area (Å²) in [7, 11) is 0. The summed E-state index contributed by atoms with van der Waals surface area (Å²) in [5, 5.41) is 6.14. The van der Waals surface area contributed by atoms with E-state index in [9.17, 15) is 4.79 Å². The number of thiophene rings is 1. The molecular weight excluding hydrogens is 452 g/mol. The Morgan fingerprint density at radius 1 is 1.09 bits per heavy atom. The molecule has 0 atom stereocenters. The van der Waals surface area contributed by atoms with Gasteiger partial charge in [0.05, 0.1) is 18.1 Å². The van der Waals surface area contributed by atoms with Crippen LogP contribution < -0.4 is 0 Å². The van der Waals surface area contributed by atoms with E-state index in [0.717, 1.165) is 49.5 Å². The molecule has 1 aliphatic heterocycles. The van der Waals surface area contributed by atoms with E-state index in [-0.39, 0.29) is 12.5 Å². The highest BCUT2D eigenvalue weighted by atomic mass is 32.1. The average Bonchev–Trinajstić information content (AvgIpc) is 3.56. The molecule has 4 rings (SSSR count). The molecule has 1 aliphatic rings. The first-order valence-corrected chi connectivity index (χ1v) is 12.7. The van der Waals surface area contributed by atoms with Crippen LogP contribution in [0.5, 0.6) is 0 Å². The Bertz CT molecular complexity index is 1020. The number of nitrogens with zero attached hydrogens (tertiary/aromatic N) is 4. The molecule has 1 amide bonds. The first-order valence-electron chi connectivity index (χ1n) is 11.9. The Labute approximate surface area is 204 Å². The lowest BCUT2D eigenvalue weighted by Crippen LogP contribution is -2.49. The molecule has 34 heavy (non-hydrogen) atoms. The van der Waals surface area contributed by atoms with E-state index in [0.29, 0.717) is 38.0 Å². The van der Waals surface area contributed by atoms with Crippen molar-refractivity contribution in [2.24, 2.45) is 0 Å². The summed E-state index contributed by atoms with van der Waals surface area (Å²) in [6.07, 6.45) is 2.17. The zero-order valence-corrected chi connectivity index (χ0v) is 20.5. The molecule has 0 aliphatic carbocycles. The summed E-state index contributed by atoms with van der Waals surface area (Å²) < 4.78 is 16.4. The molecule has 0 spiro atoms. The Hall–Kier alpha value is -2.59. The number of hydrogen-bond donors (Lipinski definition) is 0. The molecule has 1 aromatic carbocycles. The number of carbonyl (C=O) groups is 1. The quantitative estimate of drug-likeness (QED) is 0.360. The van der Waals surface area contributed by atoms with Crippen molar-refractivity contribution >= 4 is 17.2 Å². The molecule has 0 radical (unpaired) electrons. The second kappa shape index (κ2) is 12.8. The minimum absolute atomic E-state index is 0.0499. The van der Waals surface area contributed by atoms with Gasteiger partial charge in [-0.05, 0) is 29.5 Å². The summed E-state index contributed by atoms with van der Waals surface area (Å²) in [6, 6.07) is 12.2. The number of unbranched alkanes of at least 4 members (excludes halogenated alkanes) is 1. The van der Waals surface area contributed by atoms with E-state index in [1.807, 2.05) is 34.5 Å². The van der Waals surface area contributed by atoms with Crippen LogP contribution in [0.15, 0.2) is 46.3 Å². The molecule has 9 heteroatoms. The minimum atomic E-state index is 0.0499. The van der Waals surface area contributed by atoms with E-state index in [2.05, 4.69) is 34.1 Å². The van der Waals surface area contributed by atoms with E-state index >= 15 is 0 Å². The van der Waals surface area contributed by atoms with Crippen molar-refractivity contribution in [3.8, 4) is 22.2 Å². The van der Waals surface area contributed by atoms with Gasteiger partial charge in [0.25, 0.3) is 5.89 Å². The van der Waals surface area contributed by atoms with Gasteiger partial charge in [-0.25, -0.2) is 0 Å². The number of hydrogen-bond acceptors (Lipinski definition) is 8. The summed E-state index contributed by atoms with van der Waals surface area (Å²) >= 11 is 1.58. The normalized spacial score (nSPS) is 14.6. The molecule has 0 bridgehead atoms. The minimum Gasteiger partial charge on any atom is -0.379 e. The van der Waals surface area contributed by atoms with Gasteiger partial charge in [0.2, 0.25) is 11.7 Å². The van der Waals surface area contributed by atoms with Gasteiger partial charge in [-0.1, -0.05) is 42.8 Å². The third-order valence-electron chi connectivity index (χ3n) is 5.71. The zero-order chi connectivity index (χ0) is 23.6. The van der Waals surface area contributed by atoms with Gasteiger partial charge in [-0.15, -0.1) is 11.3 Å². The highest BCUT2D eigenvalue weighted by Crippen LogP contribution is 2.26. The second-order valence-corrected chi connectivity index (χ2v) is 9.22. The van der Waals surface area contributed by atoms with Crippen LogP contribution in [-0.2, 0) is 20.8 Å². The Kier molecular flexibility index (Phi) is 9.20. The van der Waals surface area contributed by atoms with Gasteiger partial charge in [-0.2, -0.15) is 4.98 Å².